The highest BCUT2D eigenvalue weighted by Gasteiger charge is 2.30. The zero-order chi connectivity index (χ0) is 26.0. The molecule has 0 spiro atoms. The third-order valence-electron chi connectivity index (χ3n) is 6.64. The molecule has 36 heavy (non-hydrogen) atoms. The zero-order valence-corrected chi connectivity index (χ0v) is 21.7. The molecule has 0 aliphatic rings. The van der Waals surface area contributed by atoms with Crippen molar-refractivity contribution < 1.29 is 14.3 Å². The highest BCUT2D eigenvalue weighted by atomic mass is 32.1. The van der Waals surface area contributed by atoms with E-state index >= 15 is 0 Å². The molecule has 0 aliphatic carbocycles. The second-order valence-electron chi connectivity index (χ2n) is 8.64. The van der Waals surface area contributed by atoms with Crippen LogP contribution in [0.25, 0.3) is 16.8 Å². The molecule has 0 aliphatic heterocycles. The molecule has 0 atom stereocenters. The highest BCUT2D eigenvalue weighted by molar-refractivity contribution is 7.09. The van der Waals surface area contributed by atoms with E-state index in [-0.39, 0.29) is 17.9 Å². The lowest BCUT2D eigenvalue weighted by Crippen LogP contribution is -2.21. The molecule has 8 nitrogen and oxygen atoms in total. The minimum atomic E-state index is -0.606. The van der Waals surface area contributed by atoms with Crippen LogP contribution in [0.3, 0.4) is 0 Å². The van der Waals surface area contributed by atoms with Gasteiger partial charge in [-0.25, -0.2) is 4.68 Å². The summed E-state index contributed by atoms with van der Waals surface area (Å²) < 4.78 is 10.3. The number of rotatable bonds is 9. The van der Waals surface area contributed by atoms with Crippen molar-refractivity contribution in [3.8, 4) is 16.8 Å². The van der Waals surface area contributed by atoms with Gasteiger partial charge in [-0.1, -0.05) is 24.3 Å². The first-order valence-electron chi connectivity index (χ1n) is 11.7. The Balaban J connectivity index is 1.96. The van der Waals surface area contributed by atoms with Crippen molar-refractivity contribution in [2.24, 2.45) is 12.8 Å². The van der Waals surface area contributed by atoms with E-state index in [0.717, 1.165) is 12.1 Å². The molecule has 0 radical (unpaired) electrons. The third-order valence-corrected chi connectivity index (χ3v) is 7.57. The molecular weight excluding hydrogens is 476 g/mol. The molecule has 0 bridgehead atoms. The number of carbonyl (C=O) groups is 2. The fourth-order valence-electron chi connectivity index (χ4n) is 4.79. The number of aromatic nitrogens is 3. The minimum absolute atomic E-state index is 0.114. The van der Waals surface area contributed by atoms with Crippen molar-refractivity contribution in [1.82, 2.24) is 13.9 Å². The normalized spacial score (nSPS) is 11.1. The van der Waals surface area contributed by atoms with Gasteiger partial charge >= 0.3 is 5.97 Å². The number of nitrogens with two attached hydrogens (primary N) is 1. The predicted molar refractivity (Wildman–Crippen MR) is 141 cm³/mol. The van der Waals surface area contributed by atoms with Crippen LogP contribution in [0.4, 0.5) is 0 Å². The van der Waals surface area contributed by atoms with Gasteiger partial charge in [-0.05, 0) is 50.3 Å². The van der Waals surface area contributed by atoms with Gasteiger partial charge in [0.2, 0.25) is 0 Å². The summed E-state index contributed by atoms with van der Waals surface area (Å²) >= 11 is 1.66. The summed E-state index contributed by atoms with van der Waals surface area (Å²) in [6.45, 7) is 4.28. The molecule has 1 aromatic carbocycles. The second-order valence-corrected chi connectivity index (χ2v) is 9.67. The zero-order valence-electron chi connectivity index (χ0n) is 20.9. The van der Waals surface area contributed by atoms with Gasteiger partial charge in [0.25, 0.3) is 11.5 Å². The number of methoxy groups -OCH3 is 1. The lowest BCUT2D eigenvalue weighted by Gasteiger charge is -2.12. The average Bonchev–Trinajstić information content (AvgIpc) is 3.53. The Morgan fingerprint density at radius 1 is 1.00 bits per heavy atom. The largest absolute Gasteiger partial charge is 0.469 e. The van der Waals surface area contributed by atoms with Gasteiger partial charge in [0.15, 0.2) is 0 Å². The number of nitrogens with zero attached hydrogens (tertiary/aromatic N) is 3. The van der Waals surface area contributed by atoms with E-state index in [1.54, 1.807) is 20.7 Å². The number of primary amides is 1. The first kappa shape index (κ1) is 25.2. The van der Waals surface area contributed by atoms with E-state index in [1.165, 1.54) is 12.0 Å². The van der Waals surface area contributed by atoms with Crippen LogP contribution >= 0.6 is 11.3 Å². The molecule has 1 amide bonds. The quantitative estimate of drug-likeness (QED) is 0.349. The maximum absolute atomic E-state index is 13.9. The lowest BCUT2D eigenvalue weighted by molar-refractivity contribution is -0.140. The van der Waals surface area contributed by atoms with Gasteiger partial charge in [0, 0.05) is 41.1 Å². The number of para-hydroxylation sites is 1. The third kappa shape index (κ3) is 4.54. The van der Waals surface area contributed by atoms with E-state index in [9.17, 15) is 14.4 Å². The van der Waals surface area contributed by atoms with Gasteiger partial charge in [-0.15, -0.1) is 11.3 Å². The number of aryl methyl sites for hydroxylation is 1. The van der Waals surface area contributed by atoms with Crippen molar-refractivity contribution in [2.45, 2.75) is 39.7 Å². The molecule has 188 valence electrons. The number of amides is 1. The number of esters is 1. The Morgan fingerprint density at radius 3 is 2.33 bits per heavy atom. The fourth-order valence-corrected chi connectivity index (χ4v) is 5.48. The summed E-state index contributed by atoms with van der Waals surface area (Å²) in [6.07, 6.45) is 1.17. The van der Waals surface area contributed by atoms with Crippen LogP contribution in [0.5, 0.6) is 0 Å². The summed E-state index contributed by atoms with van der Waals surface area (Å²) in [5.74, 6) is -0.970. The Hall–Kier alpha value is -3.85. The van der Waals surface area contributed by atoms with Crippen LogP contribution in [-0.2, 0) is 36.0 Å². The summed E-state index contributed by atoms with van der Waals surface area (Å²) in [6, 6.07) is 13.4. The number of ether oxygens (including phenoxy) is 1. The molecule has 4 aromatic rings. The lowest BCUT2D eigenvalue weighted by atomic mass is 9.98. The van der Waals surface area contributed by atoms with Crippen molar-refractivity contribution in [2.75, 3.05) is 7.11 Å². The van der Waals surface area contributed by atoms with Crippen LogP contribution in [0.15, 0.2) is 52.6 Å². The molecule has 0 saturated heterocycles. The Labute approximate surface area is 213 Å². The molecular formula is C27H30N4O4S. The van der Waals surface area contributed by atoms with Crippen LogP contribution in [0.2, 0.25) is 0 Å². The maximum Gasteiger partial charge on any atom is 0.305 e. The SMILES string of the molecule is COC(=O)CCc1c(-c2c(C)n(C)n(-c3ccccc3)c2=O)c(C(N)=O)c(C)n1CCc1cccs1. The molecule has 0 fully saturated rings. The number of hydrogen-bond donors (Lipinski definition) is 1. The highest BCUT2D eigenvalue weighted by Crippen LogP contribution is 2.35. The molecule has 0 saturated carbocycles. The van der Waals surface area contributed by atoms with Crippen LogP contribution in [0.1, 0.15) is 38.7 Å². The summed E-state index contributed by atoms with van der Waals surface area (Å²) in [4.78, 5) is 40.0. The van der Waals surface area contributed by atoms with Crippen molar-refractivity contribution >= 4 is 23.2 Å². The smallest absolute Gasteiger partial charge is 0.305 e. The first-order chi connectivity index (χ1) is 17.3. The average molecular weight is 507 g/mol. The van der Waals surface area contributed by atoms with E-state index in [0.29, 0.717) is 46.7 Å². The molecule has 2 N–H and O–H groups in total. The van der Waals surface area contributed by atoms with Crippen LogP contribution in [-0.4, -0.2) is 32.9 Å². The predicted octanol–water partition coefficient (Wildman–Crippen LogP) is 3.77. The summed E-state index contributed by atoms with van der Waals surface area (Å²) in [7, 11) is 3.16. The van der Waals surface area contributed by atoms with Gasteiger partial charge in [0.05, 0.1) is 30.3 Å². The van der Waals surface area contributed by atoms with E-state index in [2.05, 4.69) is 6.07 Å². The minimum Gasteiger partial charge on any atom is -0.469 e. The van der Waals surface area contributed by atoms with Crippen molar-refractivity contribution in [1.29, 1.82) is 0 Å². The molecule has 9 heteroatoms. The standard InChI is InChI=1S/C27H30N4O4S/c1-17-24(27(34)31(29(17)3)19-9-6-5-7-10-19)25-21(12-13-22(32)35-4)30(18(2)23(25)26(28)33)15-14-20-11-8-16-36-20/h5-11,16H,12-15H2,1-4H3,(H2,28,33). The van der Waals surface area contributed by atoms with Gasteiger partial charge in [-0.3, -0.25) is 19.1 Å². The maximum atomic E-state index is 13.9. The molecule has 3 heterocycles. The first-order valence-corrected chi connectivity index (χ1v) is 12.6. The Morgan fingerprint density at radius 2 is 1.72 bits per heavy atom. The van der Waals surface area contributed by atoms with Crippen molar-refractivity contribution in [3.63, 3.8) is 0 Å². The van der Waals surface area contributed by atoms with E-state index < -0.39 is 5.91 Å². The molecule has 4 rings (SSSR count). The van der Waals surface area contributed by atoms with Crippen molar-refractivity contribution in [3.05, 3.63) is 85.7 Å². The summed E-state index contributed by atoms with van der Waals surface area (Å²) in [5.41, 5.74) is 9.70. The second kappa shape index (κ2) is 10.4. The Kier molecular flexibility index (Phi) is 7.30. The monoisotopic (exact) mass is 506 g/mol. The van der Waals surface area contributed by atoms with E-state index in [4.69, 9.17) is 10.5 Å². The number of carbonyl (C=O) groups excluding carboxylic acids is 2. The molecule has 3 aromatic heterocycles. The van der Waals surface area contributed by atoms with E-state index in [1.807, 2.05) is 67.2 Å². The van der Waals surface area contributed by atoms with Gasteiger partial charge < -0.3 is 15.0 Å². The topological polar surface area (TPSA) is 101 Å². The van der Waals surface area contributed by atoms with Gasteiger partial charge in [0.1, 0.15) is 0 Å². The van der Waals surface area contributed by atoms with Gasteiger partial charge in [-0.2, -0.15) is 0 Å². The number of thiophene rings is 1. The fraction of sp³-hybridized carbons (Fsp3) is 0.296. The Bertz CT molecular complexity index is 1460. The molecule has 0 unspecified atom stereocenters. The van der Waals surface area contributed by atoms with Crippen LogP contribution in [0, 0.1) is 13.8 Å². The number of hydrogen-bond acceptors (Lipinski definition) is 5. The number of benzene rings is 1. The summed E-state index contributed by atoms with van der Waals surface area (Å²) in [5, 5.41) is 2.02. The van der Waals surface area contributed by atoms with Crippen LogP contribution < -0.4 is 11.3 Å².